The van der Waals surface area contributed by atoms with Crippen LogP contribution < -0.4 is 10.2 Å². The zero-order valence-electron chi connectivity index (χ0n) is 18.9. The van der Waals surface area contributed by atoms with Crippen molar-refractivity contribution < 1.29 is 14.0 Å². The first-order chi connectivity index (χ1) is 17.1. The molecule has 174 valence electrons. The molecule has 1 heterocycles. The molecule has 0 saturated heterocycles. The van der Waals surface area contributed by atoms with Gasteiger partial charge < -0.3 is 10.2 Å². The molecule has 0 radical (unpaired) electrons. The predicted molar refractivity (Wildman–Crippen MR) is 136 cm³/mol. The number of carbonyl (C=O) groups excluding carboxylic acids is 2. The maximum absolute atomic E-state index is 13.9. The van der Waals surface area contributed by atoms with Crippen molar-refractivity contribution in [3.8, 4) is 0 Å². The van der Waals surface area contributed by atoms with Crippen LogP contribution in [-0.2, 0) is 13.0 Å². The molecule has 0 aromatic heterocycles. The Hall–Kier alpha value is -3.90. The van der Waals surface area contributed by atoms with Crippen molar-refractivity contribution in [2.24, 2.45) is 0 Å². The van der Waals surface area contributed by atoms with E-state index in [1.54, 1.807) is 35.2 Å². The van der Waals surface area contributed by atoms with Crippen LogP contribution in [-0.4, -0.2) is 18.4 Å². The van der Waals surface area contributed by atoms with Crippen LogP contribution in [0.3, 0.4) is 0 Å². The van der Waals surface area contributed by atoms with Gasteiger partial charge in [-0.3, -0.25) is 9.59 Å². The fourth-order valence-corrected chi connectivity index (χ4v) is 5.16. The minimum Gasteiger partial charge on any atom is -0.352 e. The molecule has 1 N–H and O–H groups in total. The molecular weight excluding hydrogens is 459 g/mol. The number of benzene rings is 4. The van der Waals surface area contributed by atoms with Gasteiger partial charge >= 0.3 is 0 Å². The van der Waals surface area contributed by atoms with Crippen molar-refractivity contribution >= 4 is 29.3 Å². The molecule has 0 unspecified atom stereocenters. The van der Waals surface area contributed by atoms with Gasteiger partial charge in [0, 0.05) is 21.9 Å². The van der Waals surface area contributed by atoms with Gasteiger partial charge in [0.1, 0.15) is 5.82 Å². The predicted octanol–water partition coefficient (Wildman–Crippen LogP) is 6.11. The third-order valence-corrected chi connectivity index (χ3v) is 7.01. The zero-order valence-corrected chi connectivity index (χ0v) is 19.7. The highest BCUT2D eigenvalue weighted by atomic mass is 32.2. The number of nitrogens with one attached hydrogen (secondary N) is 1. The lowest BCUT2D eigenvalue weighted by atomic mass is 10.1. The average Bonchev–Trinajstić information content (AvgIpc) is 2.99. The molecule has 6 heteroatoms. The lowest BCUT2D eigenvalue weighted by Crippen LogP contribution is -2.31. The highest BCUT2D eigenvalue weighted by Gasteiger charge is 2.28. The first-order valence-electron chi connectivity index (χ1n) is 11.4. The maximum atomic E-state index is 13.9. The van der Waals surface area contributed by atoms with Crippen LogP contribution in [0.2, 0.25) is 0 Å². The smallest absolute Gasteiger partial charge is 0.259 e. The molecule has 0 saturated carbocycles. The second kappa shape index (κ2) is 10.2. The molecule has 0 atom stereocenters. The largest absolute Gasteiger partial charge is 0.352 e. The Labute approximate surface area is 207 Å². The number of rotatable bonds is 6. The number of hydrogen-bond donors (Lipinski definition) is 1. The monoisotopic (exact) mass is 482 g/mol. The van der Waals surface area contributed by atoms with E-state index in [0.29, 0.717) is 28.9 Å². The Morgan fingerprint density at radius 3 is 2.43 bits per heavy atom. The molecule has 4 aromatic rings. The Bertz CT molecular complexity index is 1390. The van der Waals surface area contributed by atoms with Gasteiger partial charge in [-0.05, 0) is 60.0 Å². The fourth-order valence-electron chi connectivity index (χ4n) is 4.10. The quantitative estimate of drug-likeness (QED) is 0.361. The molecule has 4 aromatic carbocycles. The van der Waals surface area contributed by atoms with Crippen LogP contribution in [0.15, 0.2) is 107 Å². The molecule has 0 fully saturated rings. The van der Waals surface area contributed by atoms with Crippen LogP contribution >= 0.6 is 11.8 Å². The van der Waals surface area contributed by atoms with Crippen molar-refractivity contribution in [1.82, 2.24) is 5.32 Å². The number of hydrogen-bond acceptors (Lipinski definition) is 3. The maximum Gasteiger partial charge on any atom is 0.259 e. The van der Waals surface area contributed by atoms with Crippen molar-refractivity contribution in [2.45, 2.75) is 22.8 Å². The zero-order chi connectivity index (χ0) is 24.2. The van der Waals surface area contributed by atoms with Gasteiger partial charge in [0.15, 0.2) is 0 Å². The number of carbonyl (C=O) groups is 2. The van der Waals surface area contributed by atoms with Gasteiger partial charge in [0.25, 0.3) is 11.8 Å². The lowest BCUT2D eigenvalue weighted by Gasteiger charge is -2.24. The molecule has 1 aliphatic heterocycles. The third-order valence-electron chi connectivity index (χ3n) is 5.87. The minimum atomic E-state index is -0.355. The van der Waals surface area contributed by atoms with E-state index in [-0.39, 0.29) is 24.2 Å². The van der Waals surface area contributed by atoms with Gasteiger partial charge in [0.2, 0.25) is 0 Å². The molecular formula is C29H23FN2O2S. The number of halogens is 1. The summed E-state index contributed by atoms with van der Waals surface area (Å²) in [5.41, 5.74) is 3.51. The highest BCUT2D eigenvalue weighted by molar-refractivity contribution is 7.99. The topological polar surface area (TPSA) is 49.4 Å². The lowest BCUT2D eigenvalue weighted by molar-refractivity contribution is 0.0950. The molecule has 35 heavy (non-hydrogen) atoms. The van der Waals surface area contributed by atoms with E-state index in [4.69, 9.17) is 0 Å². The first-order valence-corrected chi connectivity index (χ1v) is 12.2. The summed E-state index contributed by atoms with van der Waals surface area (Å²) in [5.74, 6) is -0.738. The van der Waals surface area contributed by atoms with E-state index >= 15 is 0 Å². The van der Waals surface area contributed by atoms with Crippen molar-refractivity contribution in [3.05, 3.63) is 125 Å². The van der Waals surface area contributed by atoms with E-state index < -0.39 is 0 Å². The van der Waals surface area contributed by atoms with Crippen LogP contribution in [0.1, 0.15) is 31.8 Å². The molecule has 4 nitrogen and oxygen atoms in total. The summed E-state index contributed by atoms with van der Waals surface area (Å²) >= 11 is 1.49. The van der Waals surface area contributed by atoms with Crippen molar-refractivity contribution in [3.63, 3.8) is 0 Å². The van der Waals surface area contributed by atoms with Crippen LogP contribution in [0, 0.1) is 5.82 Å². The van der Waals surface area contributed by atoms with E-state index in [2.05, 4.69) is 5.32 Å². The SMILES string of the molecule is O=C(NCCc1ccccc1)c1ccc2c(c1)N(Cc1cccc(F)c1)C(=O)c1ccccc1S2. The molecule has 0 aliphatic carbocycles. The molecule has 0 bridgehead atoms. The van der Waals surface area contributed by atoms with E-state index in [0.717, 1.165) is 21.8 Å². The third kappa shape index (κ3) is 5.12. The van der Waals surface area contributed by atoms with Gasteiger partial charge in [-0.1, -0.05) is 66.4 Å². The van der Waals surface area contributed by atoms with Crippen LogP contribution in [0.4, 0.5) is 10.1 Å². The normalized spacial score (nSPS) is 12.5. The van der Waals surface area contributed by atoms with Gasteiger partial charge in [-0.25, -0.2) is 4.39 Å². The van der Waals surface area contributed by atoms with E-state index in [1.807, 2.05) is 54.6 Å². The van der Waals surface area contributed by atoms with Crippen molar-refractivity contribution in [1.29, 1.82) is 0 Å². The molecule has 5 rings (SSSR count). The van der Waals surface area contributed by atoms with Gasteiger partial charge in [0.05, 0.1) is 17.8 Å². The minimum absolute atomic E-state index is 0.183. The summed E-state index contributed by atoms with van der Waals surface area (Å²) in [7, 11) is 0. The highest BCUT2D eigenvalue weighted by Crippen LogP contribution is 2.42. The average molecular weight is 483 g/mol. The summed E-state index contributed by atoms with van der Waals surface area (Å²) in [6.07, 6.45) is 0.729. The van der Waals surface area contributed by atoms with E-state index in [9.17, 15) is 14.0 Å². The Balaban J connectivity index is 1.45. The number of nitrogens with zero attached hydrogens (tertiary/aromatic N) is 1. The van der Waals surface area contributed by atoms with Gasteiger partial charge in [-0.15, -0.1) is 0 Å². The second-order valence-corrected chi connectivity index (χ2v) is 9.38. The van der Waals surface area contributed by atoms with Crippen LogP contribution in [0.5, 0.6) is 0 Å². The number of fused-ring (bicyclic) bond motifs is 2. The van der Waals surface area contributed by atoms with Crippen molar-refractivity contribution in [2.75, 3.05) is 11.4 Å². The Kier molecular flexibility index (Phi) is 6.64. The molecule has 2 amide bonds. The Morgan fingerprint density at radius 1 is 0.829 bits per heavy atom. The van der Waals surface area contributed by atoms with E-state index in [1.165, 1.54) is 23.9 Å². The first kappa shape index (κ1) is 22.9. The van der Waals surface area contributed by atoms with Gasteiger partial charge in [-0.2, -0.15) is 0 Å². The Morgan fingerprint density at radius 2 is 1.60 bits per heavy atom. The summed E-state index contributed by atoms with van der Waals surface area (Å²) in [6, 6.07) is 29.1. The second-order valence-electron chi connectivity index (χ2n) is 8.29. The summed E-state index contributed by atoms with van der Waals surface area (Å²) in [5, 5.41) is 2.97. The molecule has 1 aliphatic rings. The summed E-state index contributed by atoms with van der Waals surface area (Å²) < 4.78 is 13.9. The summed E-state index contributed by atoms with van der Waals surface area (Å²) in [4.78, 5) is 29.9. The summed E-state index contributed by atoms with van der Waals surface area (Å²) in [6.45, 7) is 0.698. The molecule has 0 spiro atoms. The van der Waals surface area contributed by atoms with Crippen LogP contribution in [0.25, 0.3) is 0 Å². The number of amides is 2. The number of anilines is 1. The standard InChI is InChI=1S/C29H23FN2O2S/c30-23-10-6-9-21(17-23)19-32-25-18-22(28(33)31-16-15-20-7-2-1-3-8-20)13-14-27(25)35-26-12-5-4-11-24(26)29(32)34/h1-14,17-18H,15-16,19H2,(H,31,33). The fraction of sp³-hybridized carbons (Fsp3) is 0.103.